The first-order chi connectivity index (χ1) is 10.3. The van der Waals surface area contributed by atoms with Crippen molar-refractivity contribution in [2.24, 2.45) is 0 Å². The second kappa shape index (κ2) is 5.81. The fourth-order valence-corrected chi connectivity index (χ4v) is 2.05. The summed E-state index contributed by atoms with van der Waals surface area (Å²) in [6.45, 7) is 3.20. The Kier molecular flexibility index (Phi) is 4.08. The first-order valence-corrected chi connectivity index (χ1v) is 6.57. The molecule has 0 saturated heterocycles. The van der Waals surface area contributed by atoms with Crippen LogP contribution < -0.4 is 0 Å². The smallest absolute Gasteiger partial charge is 0.186 e. The third kappa shape index (κ3) is 2.88. The third-order valence-electron chi connectivity index (χ3n) is 3.43. The van der Waals surface area contributed by atoms with Crippen LogP contribution in [-0.2, 0) is 0 Å². The van der Waals surface area contributed by atoms with Crippen molar-refractivity contribution in [2.75, 3.05) is 0 Å². The summed E-state index contributed by atoms with van der Waals surface area (Å²) in [6, 6.07) is 5.58. The monoisotopic (exact) mass is 300 g/mol. The predicted molar refractivity (Wildman–Crippen MR) is 82.4 cm³/mol. The zero-order chi connectivity index (χ0) is 16.4. The number of benzene rings is 2. The van der Waals surface area contributed by atoms with Gasteiger partial charge in [-0.25, -0.2) is 0 Å². The number of ketones is 1. The van der Waals surface area contributed by atoms with Crippen molar-refractivity contribution in [3.05, 3.63) is 52.6 Å². The van der Waals surface area contributed by atoms with E-state index in [-0.39, 0.29) is 34.3 Å². The van der Waals surface area contributed by atoms with Gasteiger partial charge in [0.15, 0.2) is 28.8 Å². The van der Waals surface area contributed by atoms with Crippen LogP contribution in [0.1, 0.15) is 27.0 Å². The van der Waals surface area contributed by atoms with Crippen LogP contribution in [0.25, 0.3) is 6.08 Å². The molecule has 0 aliphatic heterocycles. The van der Waals surface area contributed by atoms with Crippen molar-refractivity contribution >= 4 is 11.9 Å². The lowest BCUT2D eigenvalue weighted by molar-refractivity contribution is 0.104. The number of aryl methyl sites for hydroxylation is 1. The van der Waals surface area contributed by atoms with Gasteiger partial charge in [-0.1, -0.05) is 12.1 Å². The third-order valence-corrected chi connectivity index (χ3v) is 3.43. The standard InChI is InChI=1S/C17H16O5/c1-9-7-12(8-15(20)16(9)21)13(18)5-3-11-4-6-14(19)17(22)10(11)2/h3-8,19-22H,1-2H3/b5-3+. The van der Waals surface area contributed by atoms with E-state index in [2.05, 4.69) is 0 Å². The molecule has 4 N–H and O–H groups in total. The highest BCUT2D eigenvalue weighted by Crippen LogP contribution is 2.32. The average Bonchev–Trinajstić information content (AvgIpc) is 2.48. The predicted octanol–water partition coefficient (Wildman–Crippen LogP) is 3.02. The van der Waals surface area contributed by atoms with Gasteiger partial charge in [-0.05, 0) is 49.2 Å². The van der Waals surface area contributed by atoms with Gasteiger partial charge >= 0.3 is 0 Å². The number of rotatable bonds is 3. The highest BCUT2D eigenvalue weighted by Gasteiger charge is 2.10. The summed E-state index contributed by atoms with van der Waals surface area (Å²) in [4.78, 5) is 12.1. The molecule has 22 heavy (non-hydrogen) atoms. The fraction of sp³-hybridized carbons (Fsp3) is 0.118. The van der Waals surface area contributed by atoms with Gasteiger partial charge in [-0.3, -0.25) is 4.79 Å². The number of carbonyl (C=O) groups excluding carboxylic acids is 1. The van der Waals surface area contributed by atoms with E-state index in [1.165, 1.54) is 30.4 Å². The topological polar surface area (TPSA) is 98.0 Å². The van der Waals surface area contributed by atoms with Crippen molar-refractivity contribution in [3.63, 3.8) is 0 Å². The Hall–Kier alpha value is -2.95. The van der Waals surface area contributed by atoms with E-state index in [0.717, 1.165) is 0 Å². The molecule has 2 aromatic rings. The lowest BCUT2D eigenvalue weighted by Gasteiger charge is -2.06. The Morgan fingerprint density at radius 2 is 1.64 bits per heavy atom. The molecular formula is C17H16O5. The van der Waals surface area contributed by atoms with Crippen LogP contribution in [0.15, 0.2) is 30.3 Å². The number of carbonyl (C=O) groups is 1. The lowest BCUT2D eigenvalue weighted by Crippen LogP contribution is -1.95. The normalized spacial score (nSPS) is 11.0. The largest absolute Gasteiger partial charge is 0.504 e. The molecule has 2 rings (SSSR count). The number of hydrogen-bond donors (Lipinski definition) is 4. The van der Waals surface area contributed by atoms with E-state index >= 15 is 0 Å². The number of aromatic hydroxyl groups is 4. The molecule has 0 unspecified atom stereocenters. The zero-order valence-electron chi connectivity index (χ0n) is 12.2. The molecule has 0 fully saturated rings. The van der Waals surface area contributed by atoms with E-state index in [1.807, 2.05) is 0 Å². The van der Waals surface area contributed by atoms with E-state index in [9.17, 15) is 25.2 Å². The van der Waals surface area contributed by atoms with Crippen LogP contribution in [0, 0.1) is 13.8 Å². The molecule has 0 bridgehead atoms. The Morgan fingerprint density at radius 3 is 2.27 bits per heavy atom. The molecule has 2 aromatic carbocycles. The summed E-state index contributed by atoms with van der Waals surface area (Å²) in [5.74, 6) is -1.41. The average molecular weight is 300 g/mol. The molecule has 0 aromatic heterocycles. The summed E-state index contributed by atoms with van der Waals surface area (Å²) < 4.78 is 0. The molecule has 0 aliphatic carbocycles. The van der Waals surface area contributed by atoms with Gasteiger partial charge in [-0.15, -0.1) is 0 Å². The molecule has 5 nitrogen and oxygen atoms in total. The van der Waals surface area contributed by atoms with Gasteiger partial charge in [0, 0.05) is 11.1 Å². The van der Waals surface area contributed by atoms with Crippen LogP contribution >= 0.6 is 0 Å². The summed E-state index contributed by atoms with van der Waals surface area (Å²) in [7, 11) is 0. The van der Waals surface area contributed by atoms with Gasteiger partial charge < -0.3 is 20.4 Å². The molecule has 0 radical (unpaired) electrons. The maximum absolute atomic E-state index is 12.1. The molecular weight excluding hydrogens is 284 g/mol. The van der Waals surface area contributed by atoms with Crippen LogP contribution in [0.3, 0.4) is 0 Å². The second-order valence-electron chi connectivity index (χ2n) is 5.01. The van der Waals surface area contributed by atoms with Gasteiger partial charge in [0.1, 0.15) is 0 Å². The van der Waals surface area contributed by atoms with Crippen LogP contribution in [0.4, 0.5) is 0 Å². The van der Waals surface area contributed by atoms with Gasteiger partial charge in [0.2, 0.25) is 0 Å². The van der Waals surface area contributed by atoms with E-state index in [4.69, 9.17) is 0 Å². The quantitative estimate of drug-likeness (QED) is 0.397. The van der Waals surface area contributed by atoms with Crippen LogP contribution in [0.2, 0.25) is 0 Å². The Bertz CT molecular complexity index is 752. The highest BCUT2D eigenvalue weighted by atomic mass is 16.3. The van der Waals surface area contributed by atoms with E-state index in [0.29, 0.717) is 16.7 Å². The molecule has 5 heteroatoms. The minimum absolute atomic E-state index is 0.222. The van der Waals surface area contributed by atoms with Crippen LogP contribution in [0.5, 0.6) is 23.0 Å². The minimum Gasteiger partial charge on any atom is -0.504 e. The number of hydrogen-bond acceptors (Lipinski definition) is 5. The maximum atomic E-state index is 12.1. The van der Waals surface area contributed by atoms with Crippen molar-refractivity contribution in [3.8, 4) is 23.0 Å². The molecule has 114 valence electrons. The van der Waals surface area contributed by atoms with Gasteiger partial charge in [0.25, 0.3) is 0 Å². The SMILES string of the molecule is Cc1cc(C(=O)/C=C/c2ccc(O)c(O)c2C)cc(O)c1O. The Morgan fingerprint density at radius 1 is 0.955 bits per heavy atom. The highest BCUT2D eigenvalue weighted by molar-refractivity contribution is 6.07. The summed E-state index contributed by atoms with van der Waals surface area (Å²) in [6.07, 6.45) is 2.81. The van der Waals surface area contributed by atoms with Gasteiger partial charge in [0.05, 0.1) is 0 Å². The number of allylic oxidation sites excluding steroid dienone is 1. The number of phenolic OH excluding ortho intramolecular Hbond substituents is 4. The van der Waals surface area contributed by atoms with Crippen molar-refractivity contribution < 1.29 is 25.2 Å². The van der Waals surface area contributed by atoms with Crippen molar-refractivity contribution in [1.82, 2.24) is 0 Å². The fourth-order valence-electron chi connectivity index (χ4n) is 2.05. The minimum atomic E-state index is -0.356. The number of phenols is 4. The maximum Gasteiger partial charge on any atom is 0.186 e. The molecule has 0 amide bonds. The van der Waals surface area contributed by atoms with Crippen molar-refractivity contribution in [2.45, 2.75) is 13.8 Å². The summed E-state index contributed by atoms with van der Waals surface area (Å²) in [5.41, 5.74) is 1.68. The molecule has 0 atom stereocenters. The summed E-state index contributed by atoms with van der Waals surface area (Å²) >= 11 is 0. The Balaban J connectivity index is 2.31. The molecule has 0 heterocycles. The van der Waals surface area contributed by atoms with Crippen molar-refractivity contribution in [1.29, 1.82) is 0 Å². The van der Waals surface area contributed by atoms with E-state index < -0.39 is 0 Å². The summed E-state index contributed by atoms with van der Waals surface area (Å²) in [5, 5.41) is 38.0. The molecule has 0 aliphatic rings. The van der Waals surface area contributed by atoms with Gasteiger partial charge in [-0.2, -0.15) is 0 Å². The molecule has 0 saturated carbocycles. The second-order valence-corrected chi connectivity index (χ2v) is 5.01. The van der Waals surface area contributed by atoms with Crippen LogP contribution in [-0.4, -0.2) is 26.2 Å². The lowest BCUT2D eigenvalue weighted by atomic mass is 10.0. The first-order valence-electron chi connectivity index (χ1n) is 6.57. The zero-order valence-corrected chi connectivity index (χ0v) is 12.2. The first kappa shape index (κ1) is 15.4. The van der Waals surface area contributed by atoms with E-state index in [1.54, 1.807) is 19.9 Å². The Labute approximate surface area is 127 Å². The molecule has 0 spiro atoms.